The first-order chi connectivity index (χ1) is 11.2. The molecule has 0 atom stereocenters. The summed E-state index contributed by atoms with van der Waals surface area (Å²) < 4.78 is 26.1. The van der Waals surface area contributed by atoms with Gasteiger partial charge in [-0.15, -0.1) is 0 Å². The number of amides is 1. The van der Waals surface area contributed by atoms with Gasteiger partial charge in [-0.3, -0.25) is 9.10 Å². The van der Waals surface area contributed by atoms with E-state index in [2.05, 4.69) is 21.2 Å². The van der Waals surface area contributed by atoms with Gasteiger partial charge in [0, 0.05) is 15.2 Å². The normalized spacial score (nSPS) is 11.2. The lowest BCUT2D eigenvalue weighted by molar-refractivity contribution is -0.114. The molecule has 0 unspecified atom stereocenters. The van der Waals surface area contributed by atoms with Crippen molar-refractivity contribution < 1.29 is 13.2 Å². The largest absolute Gasteiger partial charge is 0.324 e. The van der Waals surface area contributed by atoms with Crippen molar-refractivity contribution in [3.63, 3.8) is 0 Å². The predicted molar refractivity (Wildman–Crippen MR) is 101 cm³/mol. The standard InChI is InChI=1S/C16H16BrClN2O3S/c1-11-8-14(6-7-15(11)17)20(24(2,22)23)10-16(21)19-13-5-3-4-12(18)9-13/h3-9H,10H2,1-2H3,(H,19,21). The molecule has 0 radical (unpaired) electrons. The summed E-state index contributed by atoms with van der Waals surface area (Å²) in [7, 11) is -3.61. The number of hydrogen-bond donors (Lipinski definition) is 1. The maximum Gasteiger partial charge on any atom is 0.245 e. The van der Waals surface area contributed by atoms with E-state index < -0.39 is 15.9 Å². The van der Waals surface area contributed by atoms with Crippen molar-refractivity contribution in [2.45, 2.75) is 6.92 Å². The lowest BCUT2D eigenvalue weighted by Crippen LogP contribution is -2.37. The highest BCUT2D eigenvalue weighted by atomic mass is 79.9. The molecule has 0 saturated heterocycles. The van der Waals surface area contributed by atoms with Gasteiger partial charge in [-0.2, -0.15) is 0 Å². The van der Waals surface area contributed by atoms with Crippen LogP contribution in [0, 0.1) is 6.92 Å². The first-order valence-electron chi connectivity index (χ1n) is 6.96. The average molecular weight is 432 g/mol. The first-order valence-corrected chi connectivity index (χ1v) is 9.98. The minimum atomic E-state index is -3.61. The number of rotatable bonds is 5. The van der Waals surface area contributed by atoms with Crippen LogP contribution in [0.25, 0.3) is 0 Å². The van der Waals surface area contributed by atoms with Gasteiger partial charge in [-0.1, -0.05) is 33.6 Å². The van der Waals surface area contributed by atoms with E-state index in [0.29, 0.717) is 16.4 Å². The highest BCUT2D eigenvalue weighted by molar-refractivity contribution is 9.10. The fourth-order valence-electron chi connectivity index (χ4n) is 2.08. The minimum Gasteiger partial charge on any atom is -0.324 e. The Morgan fingerprint density at radius 2 is 1.96 bits per heavy atom. The number of carbonyl (C=O) groups is 1. The van der Waals surface area contributed by atoms with E-state index in [0.717, 1.165) is 20.6 Å². The molecule has 0 aliphatic heterocycles. The second-order valence-electron chi connectivity index (χ2n) is 5.26. The number of sulfonamides is 1. The van der Waals surface area contributed by atoms with Gasteiger partial charge in [0.05, 0.1) is 11.9 Å². The summed E-state index contributed by atoms with van der Waals surface area (Å²) in [5.41, 5.74) is 1.81. The fraction of sp³-hybridized carbons (Fsp3) is 0.188. The van der Waals surface area contributed by atoms with Crippen LogP contribution in [0.4, 0.5) is 11.4 Å². The van der Waals surface area contributed by atoms with Gasteiger partial charge >= 0.3 is 0 Å². The number of nitrogens with zero attached hydrogens (tertiary/aromatic N) is 1. The molecule has 0 spiro atoms. The van der Waals surface area contributed by atoms with E-state index >= 15 is 0 Å². The Kier molecular flexibility index (Phi) is 5.90. The van der Waals surface area contributed by atoms with E-state index in [4.69, 9.17) is 11.6 Å². The molecule has 24 heavy (non-hydrogen) atoms. The third kappa shape index (κ3) is 4.96. The molecular weight excluding hydrogens is 416 g/mol. The Balaban J connectivity index is 2.23. The third-order valence-electron chi connectivity index (χ3n) is 3.23. The Bertz CT molecular complexity index is 871. The Labute approximate surface area is 154 Å². The van der Waals surface area contributed by atoms with Crippen molar-refractivity contribution in [2.24, 2.45) is 0 Å². The molecule has 5 nitrogen and oxygen atoms in total. The molecule has 0 saturated carbocycles. The molecule has 0 heterocycles. The maximum atomic E-state index is 12.2. The highest BCUT2D eigenvalue weighted by Crippen LogP contribution is 2.24. The lowest BCUT2D eigenvalue weighted by Gasteiger charge is -2.22. The van der Waals surface area contributed by atoms with Crippen molar-refractivity contribution in [2.75, 3.05) is 22.4 Å². The zero-order chi connectivity index (χ0) is 17.9. The molecule has 0 bridgehead atoms. The summed E-state index contributed by atoms with van der Waals surface area (Å²) in [6.45, 7) is 1.52. The van der Waals surface area contributed by atoms with Crippen LogP contribution < -0.4 is 9.62 Å². The Morgan fingerprint density at radius 3 is 2.54 bits per heavy atom. The smallest absolute Gasteiger partial charge is 0.245 e. The van der Waals surface area contributed by atoms with E-state index in [1.165, 1.54) is 0 Å². The van der Waals surface area contributed by atoms with Gasteiger partial charge in [-0.05, 0) is 48.9 Å². The van der Waals surface area contributed by atoms with Gasteiger partial charge in [0.1, 0.15) is 6.54 Å². The van der Waals surface area contributed by atoms with Crippen molar-refractivity contribution in [1.29, 1.82) is 0 Å². The van der Waals surface area contributed by atoms with Crippen LogP contribution in [0.5, 0.6) is 0 Å². The summed E-state index contributed by atoms with van der Waals surface area (Å²) in [6.07, 6.45) is 1.07. The van der Waals surface area contributed by atoms with Crippen molar-refractivity contribution in [3.05, 3.63) is 57.5 Å². The van der Waals surface area contributed by atoms with Gasteiger partial charge < -0.3 is 5.32 Å². The van der Waals surface area contributed by atoms with Crippen LogP contribution in [0.15, 0.2) is 46.9 Å². The van der Waals surface area contributed by atoms with Crippen LogP contribution >= 0.6 is 27.5 Å². The van der Waals surface area contributed by atoms with Crippen LogP contribution in [0.2, 0.25) is 5.02 Å². The quantitative estimate of drug-likeness (QED) is 0.783. The number of nitrogens with one attached hydrogen (secondary N) is 1. The van der Waals surface area contributed by atoms with Crippen LogP contribution in [0.3, 0.4) is 0 Å². The molecule has 0 aromatic heterocycles. The number of hydrogen-bond acceptors (Lipinski definition) is 3. The monoisotopic (exact) mass is 430 g/mol. The van der Waals surface area contributed by atoms with E-state index in [1.54, 1.807) is 42.5 Å². The SMILES string of the molecule is Cc1cc(N(CC(=O)Nc2cccc(Cl)c2)S(C)(=O)=O)ccc1Br. The molecule has 8 heteroatoms. The zero-order valence-electron chi connectivity index (χ0n) is 13.1. The predicted octanol–water partition coefficient (Wildman–Crippen LogP) is 3.82. The number of carbonyl (C=O) groups excluding carboxylic acids is 1. The fourth-order valence-corrected chi connectivity index (χ4v) is 3.37. The van der Waals surface area contributed by atoms with Crippen molar-refractivity contribution in [3.8, 4) is 0 Å². The van der Waals surface area contributed by atoms with Crippen LogP contribution in [-0.2, 0) is 14.8 Å². The van der Waals surface area contributed by atoms with E-state index in [-0.39, 0.29) is 6.54 Å². The second-order valence-corrected chi connectivity index (χ2v) is 8.46. The summed E-state index contributed by atoms with van der Waals surface area (Å²) in [4.78, 5) is 12.2. The number of benzene rings is 2. The molecule has 1 N–H and O–H groups in total. The average Bonchev–Trinajstić information content (AvgIpc) is 2.47. The molecule has 0 aliphatic carbocycles. The number of aryl methyl sites for hydroxylation is 1. The second kappa shape index (κ2) is 7.55. The zero-order valence-corrected chi connectivity index (χ0v) is 16.2. The summed E-state index contributed by atoms with van der Waals surface area (Å²) in [5.74, 6) is -0.455. The molecule has 1 amide bonds. The van der Waals surface area contributed by atoms with Crippen LogP contribution in [0.1, 0.15) is 5.56 Å². The molecule has 2 aromatic carbocycles. The minimum absolute atomic E-state index is 0.327. The molecule has 2 rings (SSSR count). The molecule has 0 fully saturated rings. The van der Waals surface area contributed by atoms with Gasteiger partial charge in [0.15, 0.2) is 0 Å². The number of halogens is 2. The van der Waals surface area contributed by atoms with Crippen molar-refractivity contribution in [1.82, 2.24) is 0 Å². The topological polar surface area (TPSA) is 66.5 Å². The summed E-state index contributed by atoms with van der Waals surface area (Å²) in [6, 6.07) is 11.8. The van der Waals surface area contributed by atoms with Gasteiger partial charge in [0.25, 0.3) is 0 Å². The highest BCUT2D eigenvalue weighted by Gasteiger charge is 2.21. The molecule has 128 valence electrons. The van der Waals surface area contributed by atoms with Gasteiger partial charge in [-0.25, -0.2) is 8.42 Å². The van der Waals surface area contributed by atoms with Gasteiger partial charge in [0.2, 0.25) is 15.9 Å². The third-order valence-corrected chi connectivity index (χ3v) is 5.49. The number of anilines is 2. The maximum absolute atomic E-state index is 12.2. The lowest BCUT2D eigenvalue weighted by atomic mass is 10.2. The molecule has 0 aliphatic rings. The van der Waals surface area contributed by atoms with E-state index in [1.807, 2.05) is 6.92 Å². The van der Waals surface area contributed by atoms with Crippen LogP contribution in [-0.4, -0.2) is 27.1 Å². The summed E-state index contributed by atoms with van der Waals surface area (Å²) in [5, 5.41) is 3.13. The van der Waals surface area contributed by atoms with E-state index in [9.17, 15) is 13.2 Å². The summed E-state index contributed by atoms with van der Waals surface area (Å²) >= 11 is 9.24. The Hall–Kier alpha value is -1.57. The Morgan fingerprint density at radius 1 is 1.25 bits per heavy atom. The molecular formula is C16H16BrClN2O3S. The van der Waals surface area contributed by atoms with Crippen molar-refractivity contribution >= 4 is 54.8 Å². The molecule has 2 aromatic rings. The first kappa shape index (κ1) is 18.8.